The molecule has 0 aliphatic carbocycles. The van der Waals surface area contributed by atoms with E-state index in [1.807, 2.05) is 0 Å². The summed E-state index contributed by atoms with van der Waals surface area (Å²) < 4.78 is 0. The lowest BCUT2D eigenvalue weighted by Gasteiger charge is -2.18. The fraction of sp³-hybridized carbons (Fsp3) is 0. The van der Waals surface area contributed by atoms with E-state index in [1.54, 1.807) is 0 Å². The number of hydrogen-bond donors (Lipinski definition) is 0. The molecule has 0 heteroatoms. The number of hydrogen-bond acceptors (Lipinski definition) is 0. The van der Waals surface area contributed by atoms with E-state index < -0.39 is 0 Å². The average Bonchev–Trinajstić information content (AvgIpc) is 3.06. The Morgan fingerprint density at radius 3 is 1.31 bits per heavy atom. The summed E-state index contributed by atoms with van der Waals surface area (Å²) in [4.78, 5) is 0. The van der Waals surface area contributed by atoms with Crippen molar-refractivity contribution >= 4 is 86.2 Å². The molecule has 0 N–H and O–H groups in total. The van der Waals surface area contributed by atoms with Gasteiger partial charge in [-0.15, -0.1) is 0 Å². The maximum atomic E-state index is 2.46. The normalized spacial score (nSPS) is 12.3. The standard InChI is InChI=1S/C42H24/c1-4-13-34-30(10-1)31-11-2-6-15-36(31)42-38-24-28(20-22-33(38)32-12-3-5-14-35(32)41(34)42)29-21-18-27-17-16-25-8-7-9-26-19-23-37(29)40(27)39(25)26/h1-24H. The molecular weight excluding hydrogens is 504 g/mol. The third-order valence-corrected chi connectivity index (χ3v) is 9.55. The van der Waals surface area contributed by atoms with Crippen molar-refractivity contribution in [3.8, 4) is 11.1 Å². The van der Waals surface area contributed by atoms with E-state index in [1.165, 1.54) is 97.3 Å². The van der Waals surface area contributed by atoms with Crippen molar-refractivity contribution in [1.29, 1.82) is 0 Å². The van der Waals surface area contributed by atoms with Gasteiger partial charge in [0.05, 0.1) is 0 Å². The molecule has 0 aliphatic rings. The van der Waals surface area contributed by atoms with Gasteiger partial charge in [-0.3, -0.25) is 0 Å². The molecule has 0 amide bonds. The summed E-state index contributed by atoms with van der Waals surface area (Å²) in [6.07, 6.45) is 0. The van der Waals surface area contributed by atoms with E-state index in [9.17, 15) is 0 Å². The monoisotopic (exact) mass is 528 g/mol. The van der Waals surface area contributed by atoms with Gasteiger partial charge in [0.15, 0.2) is 0 Å². The Kier molecular flexibility index (Phi) is 4.27. The van der Waals surface area contributed by atoms with Gasteiger partial charge in [-0.2, -0.15) is 0 Å². The summed E-state index contributed by atoms with van der Waals surface area (Å²) in [5, 5.41) is 21.1. The van der Waals surface area contributed by atoms with Gasteiger partial charge < -0.3 is 0 Å². The lowest BCUT2D eigenvalue weighted by Crippen LogP contribution is -1.90. The molecular formula is C42H24. The zero-order valence-electron chi connectivity index (χ0n) is 22.9. The molecule has 0 saturated heterocycles. The lowest BCUT2D eigenvalue weighted by molar-refractivity contribution is 1.71. The molecule has 0 bridgehead atoms. The van der Waals surface area contributed by atoms with Crippen LogP contribution in [0.2, 0.25) is 0 Å². The van der Waals surface area contributed by atoms with Crippen LogP contribution in [0.25, 0.3) is 97.3 Å². The molecule has 0 spiro atoms. The van der Waals surface area contributed by atoms with E-state index >= 15 is 0 Å². The predicted molar refractivity (Wildman–Crippen MR) is 183 cm³/mol. The average molecular weight is 529 g/mol. The fourth-order valence-corrected chi connectivity index (χ4v) is 7.78. The molecule has 42 heavy (non-hydrogen) atoms. The Hall–Kier alpha value is -5.46. The SMILES string of the molecule is c1cc2ccc3ccc(-c4ccc5c6ccccc6c6c7ccccc7c7ccccc7c6c5c4)c4ccc(c1)c2c34. The van der Waals surface area contributed by atoms with Gasteiger partial charge in [-0.05, 0) is 103 Å². The van der Waals surface area contributed by atoms with Crippen LogP contribution in [0.15, 0.2) is 146 Å². The van der Waals surface area contributed by atoms with E-state index in [-0.39, 0.29) is 0 Å². The van der Waals surface area contributed by atoms with Crippen LogP contribution in [0.4, 0.5) is 0 Å². The first-order chi connectivity index (χ1) is 20.8. The molecule has 0 atom stereocenters. The number of fused-ring (bicyclic) bond motifs is 11. The maximum Gasteiger partial charge on any atom is -0.00137 e. The van der Waals surface area contributed by atoms with E-state index in [2.05, 4.69) is 146 Å². The number of benzene rings is 10. The van der Waals surface area contributed by atoms with E-state index in [0.29, 0.717) is 0 Å². The first-order valence-corrected chi connectivity index (χ1v) is 14.7. The topological polar surface area (TPSA) is 0 Å². The molecule has 0 nitrogen and oxygen atoms in total. The van der Waals surface area contributed by atoms with Gasteiger partial charge >= 0.3 is 0 Å². The molecule has 192 valence electrons. The second-order valence-electron chi connectivity index (χ2n) is 11.6. The zero-order valence-corrected chi connectivity index (χ0v) is 22.9. The highest BCUT2D eigenvalue weighted by Gasteiger charge is 2.17. The first kappa shape index (κ1) is 22.3. The summed E-state index contributed by atoms with van der Waals surface area (Å²) in [7, 11) is 0. The Labute approximate surface area is 242 Å². The van der Waals surface area contributed by atoms with Gasteiger partial charge in [-0.25, -0.2) is 0 Å². The summed E-state index contributed by atoms with van der Waals surface area (Å²) in [5.41, 5.74) is 2.54. The second kappa shape index (κ2) is 8.06. The highest BCUT2D eigenvalue weighted by Crippen LogP contribution is 2.46. The molecule has 10 aromatic rings. The largest absolute Gasteiger partial charge is 0.0616 e. The summed E-state index contributed by atoms with van der Waals surface area (Å²) >= 11 is 0. The molecule has 10 rings (SSSR count). The molecule has 0 fully saturated rings. The van der Waals surface area contributed by atoms with Crippen LogP contribution in [-0.4, -0.2) is 0 Å². The predicted octanol–water partition coefficient (Wildman–Crippen LogP) is 12.0. The molecule has 0 saturated carbocycles. The molecule has 0 heterocycles. The second-order valence-corrected chi connectivity index (χ2v) is 11.6. The fourth-order valence-electron chi connectivity index (χ4n) is 7.78. The third kappa shape index (κ3) is 2.81. The Morgan fingerprint density at radius 2 is 0.690 bits per heavy atom. The van der Waals surface area contributed by atoms with Gasteiger partial charge in [0.25, 0.3) is 0 Å². The van der Waals surface area contributed by atoms with Crippen molar-refractivity contribution in [1.82, 2.24) is 0 Å². The van der Waals surface area contributed by atoms with Crippen molar-refractivity contribution in [2.75, 3.05) is 0 Å². The van der Waals surface area contributed by atoms with Crippen molar-refractivity contribution in [2.45, 2.75) is 0 Å². The van der Waals surface area contributed by atoms with Crippen LogP contribution in [0.1, 0.15) is 0 Å². The molecule has 10 aromatic carbocycles. The summed E-state index contributed by atoms with van der Waals surface area (Å²) in [5.74, 6) is 0. The first-order valence-electron chi connectivity index (χ1n) is 14.7. The minimum atomic E-state index is 1.26. The van der Waals surface area contributed by atoms with Crippen LogP contribution >= 0.6 is 0 Å². The molecule has 0 aromatic heterocycles. The Balaban J connectivity index is 1.41. The van der Waals surface area contributed by atoms with Gasteiger partial charge in [0.1, 0.15) is 0 Å². The zero-order chi connectivity index (χ0) is 27.4. The van der Waals surface area contributed by atoms with E-state index in [0.717, 1.165) is 0 Å². The van der Waals surface area contributed by atoms with Gasteiger partial charge in [-0.1, -0.05) is 140 Å². The van der Waals surface area contributed by atoms with Crippen LogP contribution < -0.4 is 0 Å². The Bertz CT molecular complexity index is 2700. The van der Waals surface area contributed by atoms with Gasteiger partial charge in [0.2, 0.25) is 0 Å². The highest BCUT2D eigenvalue weighted by atomic mass is 14.2. The quantitative estimate of drug-likeness (QED) is 0.186. The van der Waals surface area contributed by atoms with E-state index in [4.69, 9.17) is 0 Å². The third-order valence-electron chi connectivity index (χ3n) is 9.55. The minimum absolute atomic E-state index is 1.26. The van der Waals surface area contributed by atoms with Crippen molar-refractivity contribution in [3.05, 3.63) is 146 Å². The minimum Gasteiger partial charge on any atom is -0.0616 e. The van der Waals surface area contributed by atoms with Crippen molar-refractivity contribution in [3.63, 3.8) is 0 Å². The van der Waals surface area contributed by atoms with Crippen LogP contribution in [0.5, 0.6) is 0 Å². The van der Waals surface area contributed by atoms with Crippen LogP contribution in [0, 0.1) is 0 Å². The Morgan fingerprint density at radius 1 is 0.238 bits per heavy atom. The number of rotatable bonds is 1. The smallest absolute Gasteiger partial charge is 0.00137 e. The summed E-state index contributed by atoms with van der Waals surface area (Å²) in [6.45, 7) is 0. The van der Waals surface area contributed by atoms with Gasteiger partial charge in [0, 0.05) is 0 Å². The van der Waals surface area contributed by atoms with Crippen LogP contribution in [0.3, 0.4) is 0 Å². The summed E-state index contributed by atoms with van der Waals surface area (Å²) in [6, 6.07) is 54.3. The molecule has 0 aliphatic heterocycles. The molecule has 0 unspecified atom stereocenters. The van der Waals surface area contributed by atoms with Crippen LogP contribution in [-0.2, 0) is 0 Å². The lowest BCUT2D eigenvalue weighted by atomic mass is 9.85. The van der Waals surface area contributed by atoms with Crippen molar-refractivity contribution < 1.29 is 0 Å². The molecule has 0 radical (unpaired) electrons. The maximum absolute atomic E-state index is 2.46. The van der Waals surface area contributed by atoms with Crippen molar-refractivity contribution in [2.24, 2.45) is 0 Å². The highest BCUT2D eigenvalue weighted by molar-refractivity contribution is 6.39.